The van der Waals surface area contributed by atoms with Gasteiger partial charge in [0.1, 0.15) is 22.1 Å². The lowest BCUT2D eigenvalue weighted by atomic mass is 10.2. The third kappa shape index (κ3) is 9.80. The van der Waals surface area contributed by atoms with Crippen molar-refractivity contribution in [2.45, 2.75) is 58.8 Å². The highest BCUT2D eigenvalue weighted by Crippen LogP contribution is 2.29. The van der Waals surface area contributed by atoms with Gasteiger partial charge < -0.3 is 14.4 Å². The molecule has 2 aliphatic rings. The van der Waals surface area contributed by atoms with Crippen molar-refractivity contribution >= 4 is 62.5 Å². The van der Waals surface area contributed by atoms with Crippen molar-refractivity contribution in [3.8, 4) is 0 Å². The van der Waals surface area contributed by atoms with Crippen LogP contribution in [0.1, 0.15) is 51.2 Å². The van der Waals surface area contributed by atoms with Gasteiger partial charge in [-0.05, 0) is 59.8 Å². The Morgan fingerprint density at radius 1 is 1.06 bits per heavy atom. The summed E-state index contributed by atoms with van der Waals surface area (Å²) >= 11 is 0.801. The van der Waals surface area contributed by atoms with Crippen molar-refractivity contribution in [1.29, 1.82) is 0 Å². The van der Waals surface area contributed by atoms with Gasteiger partial charge in [-0.2, -0.15) is 18.4 Å². The molecule has 1 atom stereocenters. The Morgan fingerprint density at radius 3 is 2.29 bits per heavy atom. The van der Waals surface area contributed by atoms with Crippen LogP contribution in [0.15, 0.2) is 55.1 Å². The van der Waals surface area contributed by atoms with Crippen LogP contribution in [0.2, 0.25) is 0 Å². The normalized spacial score (nSPS) is 16.0. The highest BCUT2D eigenvalue weighted by Gasteiger charge is 2.43. The smallest absolute Gasteiger partial charge is 0.423 e. The average Bonchev–Trinajstić information content (AvgIpc) is 3.68. The van der Waals surface area contributed by atoms with Crippen LogP contribution in [0.25, 0.3) is 5.70 Å². The number of ether oxygens (including phenoxy) is 2. The zero-order valence-corrected chi connectivity index (χ0v) is 28.4. The first-order chi connectivity index (χ1) is 22.3. The summed E-state index contributed by atoms with van der Waals surface area (Å²) in [6.45, 7) is 10.0. The van der Waals surface area contributed by atoms with E-state index in [-0.39, 0.29) is 28.9 Å². The van der Waals surface area contributed by atoms with Gasteiger partial charge in [0.25, 0.3) is 5.91 Å². The molecular weight excluding hydrogens is 672 g/mol. The molecule has 0 spiro atoms. The topological polar surface area (TPSA) is 216 Å². The summed E-state index contributed by atoms with van der Waals surface area (Å²) in [5.74, 6) is -0.968. The molecule has 3 aromatic rings. The molecule has 3 aromatic heterocycles. The molecule has 258 valence electrons. The van der Waals surface area contributed by atoms with E-state index in [2.05, 4.69) is 24.7 Å². The van der Waals surface area contributed by atoms with Gasteiger partial charge in [-0.3, -0.25) is 19.6 Å². The number of hydrogen-bond acceptors (Lipinski definition) is 13. The molecule has 2 bridgehead atoms. The second kappa shape index (κ2) is 14.1. The molecule has 5 rings (SSSR count). The van der Waals surface area contributed by atoms with E-state index in [1.165, 1.54) is 34.1 Å². The van der Waals surface area contributed by atoms with Gasteiger partial charge in [-0.15, -0.1) is 9.38 Å². The second-order valence-corrected chi connectivity index (χ2v) is 14.2. The van der Waals surface area contributed by atoms with E-state index in [1.807, 2.05) is 18.2 Å². The van der Waals surface area contributed by atoms with Crippen molar-refractivity contribution in [3.05, 3.63) is 60.0 Å². The van der Waals surface area contributed by atoms with Crippen molar-refractivity contribution in [1.82, 2.24) is 29.7 Å². The Bertz CT molecular complexity index is 1770. The fourth-order valence-electron chi connectivity index (χ4n) is 4.15. The van der Waals surface area contributed by atoms with Crippen LogP contribution < -0.4 is 10.2 Å². The number of aromatic nitrogens is 4. The number of urea groups is 1. The molecule has 1 fully saturated rings. The molecule has 1 saturated heterocycles. The number of nitrogens with one attached hydrogen (secondary N) is 1. The number of hydroxylamine groups is 2. The summed E-state index contributed by atoms with van der Waals surface area (Å²) in [5.41, 5.74) is -1.33. The molecule has 1 unspecified atom stereocenters. The first-order valence-corrected chi connectivity index (χ1v) is 16.4. The number of amides is 5. The van der Waals surface area contributed by atoms with E-state index in [0.29, 0.717) is 15.7 Å². The first kappa shape index (κ1) is 35.9. The van der Waals surface area contributed by atoms with Crippen LogP contribution in [0.3, 0.4) is 0 Å². The molecule has 0 radical (unpaired) electrons. The molecule has 0 saturated carbocycles. The van der Waals surface area contributed by atoms with Gasteiger partial charge in [-0.1, -0.05) is 17.4 Å². The van der Waals surface area contributed by atoms with Crippen LogP contribution in [0, 0.1) is 0 Å². The van der Waals surface area contributed by atoms with E-state index in [0.717, 1.165) is 11.3 Å². The highest BCUT2D eigenvalue weighted by molar-refractivity contribution is 7.80. The number of thiazole rings is 1. The third-order valence-electron chi connectivity index (χ3n) is 5.85. The minimum Gasteiger partial charge on any atom is -0.444 e. The minimum absolute atomic E-state index is 0.0171. The summed E-state index contributed by atoms with van der Waals surface area (Å²) < 4.78 is 47.7. The summed E-state index contributed by atoms with van der Waals surface area (Å²) in [7, 11) is -4.95. The van der Waals surface area contributed by atoms with E-state index in [1.54, 1.807) is 53.9 Å². The Balaban J connectivity index is 0.000000780. The van der Waals surface area contributed by atoms with Crippen LogP contribution in [-0.4, -0.2) is 97.1 Å². The van der Waals surface area contributed by atoms with Gasteiger partial charge >= 0.3 is 28.6 Å². The SMILES string of the molecule is CC(C)(C)OC(=O)Nc1ncc(C(=O)N(C(=O)OC(C)(C)C)c2ccn(C3=CC4CN(C3)C(=O)N4OS(=O)(=O)O)n2)s1.c1ccncc1. The molecular formula is C28H34N8O10S2. The summed E-state index contributed by atoms with van der Waals surface area (Å²) in [6.07, 6.45) is 5.80. The maximum absolute atomic E-state index is 13.6. The maximum atomic E-state index is 13.6. The largest absolute Gasteiger partial charge is 0.444 e. The Labute approximate surface area is 279 Å². The highest BCUT2D eigenvalue weighted by atomic mass is 32.3. The number of rotatable bonds is 6. The molecule has 5 heterocycles. The number of carbonyl (C=O) groups is 4. The quantitative estimate of drug-likeness (QED) is 0.347. The van der Waals surface area contributed by atoms with E-state index in [4.69, 9.17) is 14.0 Å². The fourth-order valence-corrected chi connectivity index (χ4v) is 5.26. The standard InChI is InChI=1S/C23H29N7O10S2.C5H5N/c1-22(2,3)38-19(32)25-18-24-10-15(41-18)17(31)29(21(34)39-23(4,5)6)16-7-8-28(26-16)13-9-14-12-27(11-13)20(33)30(14)40-42(35,36)37;1-2-4-6-5-3-1/h7-10,14H,11-12H2,1-6H3,(H,24,25,32)(H,35,36,37);1-5H. The number of imide groups is 1. The van der Waals surface area contributed by atoms with Gasteiger partial charge in [0.05, 0.1) is 18.4 Å². The van der Waals surface area contributed by atoms with Gasteiger partial charge in [0, 0.05) is 31.2 Å². The summed E-state index contributed by atoms with van der Waals surface area (Å²) in [4.78, 5) is 61.1. The second-order valence-electron chi connectivity index (χ2n) is 12.1. The number of nitrogens with zero attached hydrogens (tertiary/aromatic N) is 7. The Morgan fingerprint density at radius 2 is 1.73 bits per heavy atom. The van der Waals surface area contributed by atoms with Crippen LogP contribution in [0.5, 0.6) is 0 Å². The first-order valence-electron chi connectivity index (χ1n) is 14.2. The molecule has 2 aliphatic heterocycles. The molecule has 5 amide bonds. The lowest BCUT2D eigenvalue weighted by Crippen LogP contribution is -2.41. The van der Waals surface area contributed by atoms with E-state index in [9.17, 15) is 27.6 Å². The van der Waals surface area contributed by atoms with Crippen molar-refractivity contribution in [2.24, 2.45) is 0 Å². The Kier molecular flexibility index (Phi) is 10.5. The lowest BCUT2D eigenvalue weighted by Gasteiger charge is -2.24. The van der Waals surface area contributed by atoms with Crippen molar-refractivity contribution < 1.29 is 45.9 Å². The maximum Gasteiger partial charge on any atom is 0.423 e. The number of fused-ring (bicyclic) bond motifs is 2. The molecule has 18 nitrogen and oxygen atoms in total. The predicted molar refractivity (Wildman–Crippen MR) is 171 cm³/mol. The monoisotopic (exact) mass is 706 g/mol. The van der Waals surface area contributed by atoms with Gasteiger partial charge in [-0.25, -0.2) is 24.0 Å². The molecule has 20 heteroatoms. The van der Waals surface area contributed by atoms with Crippen LogP contribution in [0.4, 0.5) is 25.3 Å². The Hall–Kier alpha value is -4.92. The lowest BCUT2D eigenvalue weighted by molar-refractivity contribution is -0.0183. The number of anilines is 2. The number of pyridine rings is 1. The minimum atomic E-state index is -4.95. The number of carbonyl (C=O) groups excluding carboxylic acids is 4. The van der Waals surface area contributed by atoms with Gasteiger partial charge in [0.2, 0.25) is 0 Å². The predicted octanol–water partition coefficient (Wildman–Crippen LogP) is 4.05. The summed E-state index contributed by atoms with van der Waals surface area (Å²) in [5, 5.41) is 7.35. The molecule has 0 aromatic carbocycles. The third-order valence-corrected chi connectivity index (χ3v) is 7.10. The van der Waals surface area contributed by atoms with Crippen molar-refractivity contribution in [2.75, 3.05) is 23.3 Å². The van der Waals surface area contributed by atoms with Crippen LogP contribution in [-0.2, 0) is 24.2 Å². The van der Waals surface area contributed by atoms with Gasteiger partial charge in [0.15, 0.2) is 10.9 Å². The molecule has 0 aliphatic carbocycles. The fraction of sp³-hybridized carbons (Fsp3) is 0.393. The molecule has 48 heavy (non-hydrogen) atoms. The zero-order chi connectivity index (χ0) is 35.4. The van der Waals surface area contributed by atoms with E-state index < -0.39 is 51.8 Å². The molecule has 2 N–H and O–H groups in total. The van der Waals surface area contributed by atoms with Crippen molar-refractivity contribution in [3.63, 3.8) is 0 Å². The number of hydrogen-bond donors (Lipinski definition) is 2. The zero-order valence-electron chi connectivity index (χ0n) is 26.8. The van der Waals surface area contributed by atoms with E-state index >= 15 is 0 Å². The summed E-state index contributed by atoms with van der Waals surface area (Å²) in [6, 6.07) is 5.42. The average molecular weight is 707 g/mol. The van der Waals surface area contributed by atoms with Crippen LogP contribution >= 0.6 is 11.3 Å².